The minimum absolute atomic E-state index is 0.125. The monoisotopic (exact) mass is 284 g/mol. The van der Waals surface area contributed by atoms with Crippen LogP contribution in [0.15, 0.2) is 36.4 Å². The Morgan fingerprint density at radius 2 is 1.90 bits per heavy atom. The van der Waals surface area contributed by atoms with Gasteiger partial charge in [0.2, 0.25) is 0 Å². The fraction of sp³-hybridized carbons (Fsp3) is 0.389. The molecule has 1 atom stereocenters. The van der Waals surface area contributed by atoms with Gasteiger partial charge in [-0.25, -0.2) is 0 Å². The van der Waals surface area contributed by atoms with Gasteiger partial charge in [0, 0.05) is 18.2 Å². The van der Waals surface area contributed by atoms with E-state index in [1.54, 1.807) is 0 Å². The van der Waals surface area contributed by atoms with E-state index in [1.807, 2.05) is 31.2 Å². The molecule has 1 aromatic heterocycles. The molecule has 2 aromatic rings. The molecule has 1 heterocycles. The molecule has 0 spiro atoms. The van der Waals surface area contributed by atoms with Gasteiger partial charge in [0.1, 0.15) is 12.4 Å². The van der Waals surface area contributed by atoms with Crippen molar-refractivity contribution in [2.24, 2.45) is 5.73 Å². The Morgan fingerprint density at radius 3 is 2.62 bits per heavy atom. The van der Waals surface area contributed by atoms with Gasteiger partial charge in [0.05, 0.1) is 5.69 Å². The summed E-state index contributed by atoms with van der Waals surface area (Å²) in [6, 6.07) is 12.4. The lowest BCUT2D eigenvalue weighted by Gasteiger charge is -2.15. The van der Waals surface area contributed by atoms with Crippen LogP contribution in [-0.4, -0.2) is 11.0 Å². The third-order valence-electron chi connectivity index (χ3n) is 3.70. The standard InChI is InChI=1S/C18H24N2O/c1-4-16(19)11-17-18(10-9-14(3)20-17)21-12-15-8-6-5-7-13(15)2/h5-10,16H,4,11-12,19H2,1-3H3. The van der Waals surface area contributed by atoms with E-state index >= 15 is 0 Å². The van der Waals surface area contributed by atoms with Gasteiger partial charge < -0.3 is 10.5 Å². The number of hydrogen-bond donors (Lipinski definition) is 1. The van der Waals surface area contributed by atoms with Crippen LogP contribution in [0.2, 0.25) is 0 Å². The molecule has 21 heavy (non-hydrogen) atoms. The fourth-order valence-electron chi connectivity index (χ4n) is 2.20. The van der Waals surface area contributed by atoms with Crippen molar-refractivity contribution < 1.29 is 4.74 Å². The number of nitrogens with two attached hydrogens (primary N) is 1. The minimum Gasteiger partial charge on any atom is -0.487 e. The van der Waals surface area contributed by atoms with Gasteiger partial charge in [-0.3, -0.25) is 4.98 Å². The second-order valence-electron chi connectivity index (χ2n) is 5.49. The first-order chi connectivity index (χ1) is 10.1. The van der Waals surface area contributed by atoms with Crippen LogP contribution in [-0.2, 0) is 13.0 Å². The summed E-state index contributed by atoms with van der Waals surface area (Å²) in [5.41, 5.74) is 10.5. The van der Waals surface area contributed by atoms with Crippen LogP contribution in [0, 0.1) is 13.8 Å². The lowest BCUT2D eigenvalue weighted by molar-refractivity contribution is 0.299. The summed E-state index contributed by atoms with van der Waals surface area (Å²) >= 11 is 0. The molecule has 2 rings (SSSR count). The molecule has 0 aliphatic heterocycles. The zero-order valence-electron chi connectivity index (χ0n) is 13.1. The van der Waals surface area contributed by atoms with Gasteiger partial charge in [-0.2, -0.15) is 0 Å². The van der Waals surface area contributed by atoms with E-state index in [9.17, 15) is 0 Å². The third-order valence-corrected chi connectivity index (χ3v) is 3.70. The third kappa shape index (κ3) is 4.30. The molecule has 1 aromatic carbocycles. The molecule has 112 valence electrons. The highest BCUT2D eigenvalue weighted by Crippen LogP contribution is 2.21. The highest BCUT2D eigenvalue weighted by molar-refractivity contribution is 5.31. The normalized spacial score (nSPS) is 12.2. The number of pyridine rings is 1. The summed E-state index contributed by atoms with van der Waals surface area (Å²) in [5.74, 6) is 0.841. The first-order valence-electron chi connectivity index (χ1n) is 7.49. The Hall–Kier alpha value is -1.87. The van der Waals surface area contributed by atoms with Crippen LogP contribution in [0.5, 0.6) is 5.75 Å². The summed E-state index contributed by atoms with van der Waals surface area (Å²) < 4.78 is 5.99. The van der Waals surface area contributed by atoms with Crippen molar-refractivity contribution in [1.29, 1.82) is 0 Å². The maximum atomic E-state index is 6.06. The number of ether oxygens (including phenoxy) is 1. The van der Waals surface area contributed by atoms with E-state index in [0.717, 1.165) is 30.0 Å². The van der Waals surface area contributed by atoms with Gasteiger partial charge >= 0.3 is 0 Å². The Bertz CT molecular complexity index is 596. The van der Waals surface area contributed by atoms with Crippen LogP contribution in [0.3, 0.4) is 0 Å². The molecule has 0 saturated carbocycles. The van der Waals surface area contributed by atoms with Crippen molar-refractivity contribution in [2.75, 3.05) is 0 Å². The summed E-state index contributed by atoms with van der Waals surface area (Å²) in [5, 5.41) is 0. The van der Waals surface area contributed by atoms with E-state index in [4.69, 9.17) is 10.5 Å². The summed E-state index contributed by atoms with van der Waals surface area (Å²) in [7, 11) is 0. The minimum atomic E-state index is 0.125. The quantitative estimate of drug-likeness (QED) is 0.882. The number of aryl methyl sites for hydroxylation is 2. The second kappa shape index (κ2) is 7.23. The highest BCUT2D eigenvalue weighted by Gasteiger charge is 2.10. The van der Waals surface area contributed by atoms with E-state index in [1.165, 1.54) is 11.1 Å². The Kier molecular flexibility index (Phi) is 5.34. The predicted octanol–water partition coefficient (Wildman–Crippen LogP) is 3.56. The molecule has 0 fully saturated rings. The molecule has 3 nitrogen and oxygen atoms in total. The molecular formula is C18H24N2O. The Morgan fingerprint density at radius 1 is 1.14 bits per heavy atom. The van der Waals surface area contributed by atoms with E-state index < -0.39 is 0 Å². The van der Waals surface area contributed by atoms with Crippen LogP contribution in [0.25, 0.3) is 0 Å². The Balaban J connectivity index is 2.14. The molecule has 0 amide bonds. The van der Waals surface area contributed by atoms with Gasteiger partial charge in [0.15, 0.2) is 0 Å². The molecular weight excluding hydrogens is 260 g/mol. The number of hydrogen-bond acceptors (Lipinski definition) is 3. The molecule has 3 heteroatoms. The Labute approximate surface area is 127 Å². The van der Waals surface area contributed by atoms with E-state index in [-0.39, 0.29) is 6.04 Å². The first kappa shape index (κ1) is 15.5. The van der Waals surface area contributed by atoms with Gasteiger partial charge in [-0.15, -0.1) is 0 Å². The molecule has 0 saturated heterocycles. The van der Waals surface area contributed by atoms with Crippen LogP contribution < -0.4 is 10.5 Å². The second-order valence-corrected chi connectivity index (χ2v) is 5.49. The van der Waals surface area contributed by atoms with Crippen LogP contribution in [0.1, 0.15) is 35.9 Å². The van der Waals surface area contributed by atoms with Crippen LogP contribution >= 0.6 is 0 Å². The SMILES string of the molecule is CCC(N)Cc1nc(C)ccc1OCc1ccccc1C. The van der Waals surface area contributed by atoms with Gasteiger partial charge in [-0.05, 0) is 43.5 Å². The van der Waals surface area contributed by atoms with E-state index in [0.29, 0.717) is 6.61 Å². The predicted molar refractivity (Wildman–Crippen MR) is 86.5 cm³/mol. The van der Waals surface area contributed by atoms with Crippen molar-refractivity contribution >= 4 is 0 Å². The number of aromatic nitrogens is 1. The van der Waals surface area contributed by atoms with Crippen LogP contribution in [0.4, 0.5) is 0 Å². The smallest absolute Gasteiger partial charge is 0.141 e. The molecule has 1 unspecified atom stereocenters. The number of benzene rings is 1. The first-order valence-corrected chi connectivity index (χ1v) is 7.49. The van der Waals surface area contributed by atoms with E-state index in [2.05, 4.69) is 31.0 Å². The average Bonchev–Trinajstić information content (AvgIpc) is 2.48. The topological polar surface area (TPSA) is 48.1 Å². The lowest BCUT2D eigenvalue weighted by Crippen LogP contribution is -2.22. The fourth-order valence-corrected chi connectivity index (χ4v) is 2.20. The maximum Gasteiger partial charge on any atom is 0.141 e. The summed E-state index contributed by atoms with van der Waals surface area (Å²) in [6.07, 6.45) is 1.69. The molecule has 0 bridgehead atoms. The van der Waals surface area contributed by atoms with Crippen molar-refractivity contribution in [3.63, 3.8) is 0 Å². The zero-order valence-corrected chi connectivity index (χ0v) is 13.1. The molecule has 2 N–H and O–H groups in total. The van der Waals surface area contributed by atoms with Crippen molar-refractivity contribution in [3.8, 4) is 5.75 Å². The molecule has 0 aliphatic rings. The van der Waals surface area contributed by atoms with Crippen molar-refractivity contribution in [1.82, 2.24) is 4.98 Å². The van der Waals surface area contributed by atoms with Gasteiger partial charge in [0.25, 0.3) is 0 Å². The van der Waals surface area contributed by atoms with Gasteiger partial charge in [-0.1, -0.05) is 31.2 Å². The maximum absolute atomic E-state index is 6.06. The summed E-state index contributed by atoms with van der Waals surface area (Å²) in [4.78, 5) is 4.59. The highest BCUT2D eigenvalue weighted by atomic mass is 16.5. The molecule has 0 aliphatic carbocycles. The molecule has 0 radical (unpaired) electrons. The number of rotatable bonds is 6. The lowest BCUT2D eigenvalue weighted by atomic mass is 10.1. The largest absolute Gasteiger partial charge is 0.487 e. The number of nitrogens with zero attached hydrogens (tertiary/aromatic N) is 1. The zero-order chi connectivity index (χ0) is 15.2. The van der Waals surface area contributed by atoms with Crippen molar-refractivity contribution in [3.05, 3.63) is 58.9 Å². The summed E-state index contributed by atoms with van der Waals surface area (Å²) in [6.45, 7) is 6.74. The van der Waals surface area contributed by atoms with Crippen molar-refractivity contribution in [2.45, 2.75) is 46.3 Å². The average molecular weight is 284 g/mol.